The van der Waals surface area contributed by atoms with Gasteiger partial charge in [-0.1, -0.05) is 0 Å². The van der Waals surface area contributed by atoms with E-state index in [9.17, 15) is 4.79 Å². The lowest BCUT2D eigenvalue weighted by Gasteiger charge is -2.33. The summed E-state index contributed by atoms with van der Waals surface area (Å²) in [6.45, 7) is 1.88. The Kier molecular flexibility index (Phi) is 4.65. The molecule has 0 bridgehead atoms. The second kappa shape index (κ2) is 6.88. The lowest BCUT2D eigenvalue weighted by atomic mass is 10.0. The SMILES string of the molecule is COC(=O)c1cc(OC)c2c(c1)O[C@@H](C)[C@H](c1ccc(OC)nc1)O2. The summed E-state index contributed by atoms with van der Waals surface area (Å²) in [6, 6.07) is 6.78. The molecular weight excluding hydrogens is 326 g/mol. The summed E-state index contributed by atoms with van der Waals surface area (Å²) in [4.78, 5) is 16.0. The standard InChI is InChI=1S/C18H19NO6/c1-10-16(11-5-6-15(22-3)19-9-11)25-17-13(21-2)7-12(18(20)23-4)8-14(17)24-10/h5-10,16H,1-4H3/t10-,16+/m0/s1. The number of benzene rings is 1. The third-order valence-corrected chi connectivity index (χ3v) is 3.94. The van der Waals surface area contributed by atoms with Gasteiger partial charge in [-0.05, 0) is 25.1 Å². The number of nitrogens with zero attached hydrogens (tertiary/aromatic N) is 1. The quantitative estimate of drug-likeness (QED) is 0.789. The van der Waals surface area contributed by atoms with E-state index in [0.717, 1.165) is 5.56 Å². The first-order valence-corrected chi connectivity index (χ1v) is 7.71. The van der Waals surface area contributed by atoms with Gasteiger partial charge in [0, 0.05) is 17.8 Å². The maximum atomic E-state index is 11.8. The van der Waals surface area contributed by atoms with E-state index in [4.69, 9.17) is 23.7 Å². The van der Waals surface area contributed by atoms with Crippen molar-refractivity contribution in [2.24, 2.45) is 0 Å². The van der Waals surface area contributed by atoms with Crippen LogP contribution < -0.4 is 18.9 Å². The molecule has 0 fully saturated rings. The molecular formula is C18H19NO6. The van der Waals surface area contributed by atoms with E-state index >= 15 is 0 Å². The van der Waals surface area contributed by atoms with Crippen LogP contribution in [-0.4, -0.2) is 38.4 Å². The summed E-state index contributed by atoms with van der Waals surface area (Å²) < 4.78 is 27.3. The van der Waals surface area contributed by atoms with Crippen molar-refractivity contribution in [2.75, 3.05) is 21.3 Å². The Balaban J connectivity index is 1.96. The van der Waals surface area contributed by atoms with E-state index in [1.807, 2.05) is 13.0 Å². The molecule has 0 spiro atoms. The summed E-state index contributed by atoms with van der Waals surface area (Å²) in [5, 5.41) is 0. The van der Waals surface area contributed by atoms with E-state index in [1.165, 1.54) is 14.2 Å². The molecule has 1 aromatic carbocycles. The predicted molar refractivity (Wildman–Crippen MR) is 88.6 cm³/mol. The first-order valence-electron chi connectivity index (χ1n) is 7.71. The van der Waals surface area contributed by atoms with Gasteiger partial charge in [0.1, 0.15) is 6.10 Å². The second-order valence-electron chi connectivity index (χ2n) is 5.49. The lowest BCUT2D eigenvalue weighted by Crippen LogP contribution is -2.31. The summed E-state index contributed by atoms with van der Waals surface area (Å²) in [5.41, 5.74) is 1.18. The fourth-order valence-corrected chi connectivity index (χ4v) is 2.67. The van der Waals surface area contributed by atoms with Gasteiger partial charge in [0.05, 0.1) is 26.9 Å². The Hall–Kier alpha value is -2.96. The molecule has 0 aliphatic carbocycles. The van der Waals surface area contributed by atoms with Gasteiger partial charge >= 0.3 is 5.97 Å². The Bertz CT molecular complexity index is 774. The Morgan fingerprint density at radius 1 is 1.12 bits per heavy atom. The topological polar surface area (TPSA) is 76.1 Å². The van der Waals surface area contributed by atoms with Gasteiger partial charge in [0.2, 0.25) is 11.6 Å². The third kappa shape index (κ3) is 3.17. The van der Waals surface area contributed by atoms with Crippen LogP contribution in [0, 0.1) is 0 Å². The highest BCUT2D eigenvalue weighted by Crippen LogP contribution is 2.46. The normalized spacial score (nSPS) is 18.4. The van der Waals surface area contributed by atoms with Crippen molar-refractivity contribution < 1.29 is 28.5 Å². The highest BCUT2D eigenvalue weighted by Gasteiger charge is 2.33. The van der Waals surface area contributed by atoms with Crippen molar-refractivity contribution in [3.8, 4) is 23.1 Å². The fourth-order valence-electron chi connectivity index (χ4n) is 2.67. The minimum absolute atomic E-state index is 0.291. The average molecular weight is 345 g/mol. The summed E-state index contributed by atoms with van der Waals surface area (Å²) in [6.07, 6.45) is 1.02. The molecule has 1 aliphatic rings. The lowest BCUT2D eigenvalue weighted by molar-refractivity contribution is 0.0275. The fraction of sp³-hybridized carbons (Fsp3) is 0.333. The molecule has 0 unspecified atom stereocenters. The number of esters is 1. The van der Waals surface area contributed by atoms with Crippen LogP contribution >= 0.6 is 0 Å². The van der Waals surface area contributed by atoms with Crippen molar-refractivity contribution in [3.63, 3.8) is 0 Å². The number of carbonyl (C=O) groups excluding carboxylic acids is 1. The monoisotopic (exact) mass is 345 g/mol. The molecule has 25 heavy (non-hydrogen) atoms. The Labute approximate surface area is 145 Å². The van der Waals surface area contributed by atoms with Gasteiger partial charge in [0.15, 0.2) is 17.6 Å². The van der Waals surface area contributed by atoms with E-state index in [2.05, 4.69) is 4.98 Å². The molecule has 2 heterocycles. The van der Waals surface area contributed by atoms with Gasteiger partial charge in [-0.3, -0.25) is 0 Å². The first kappa shape index (κ1) is 16.9. The number of pyridine rings is 1. The van der Waals surface area contributed by atoms with Crippen molar-refractivity contribution in [3.05, 3.63) is 41.6 Å². The molecule has 3 rings (SSSR count). The number of aromatic nitrogens is 1. The van der Waals surface area contributed by atoms with Crippen molar-refractivity contribution in [2.45, 2.75) is 19.1 Å². The molecule has 0 N–H and O–H groups in total. The minimum Gasteiger partial charge on any atom is -0.493 e. The van der Waals surface area contributed by atoms with Crippen LogP contribution in [0.4, 0.5) is 0 Å². The molecule has 1 aliphatic heterocycles. The number of fused-ring (bicyclic) bond motifs is 1. The van der Waals surface area contributed by atoms with Crippen molar-refractivity contribution in [1.29, 1.82) is 0 Å². The number of hydrogen-bond acceptors (Lipinski definition) is 7. The first-order chi connectivity index (χ1) is 12.1. The van der Waals surface area contributed by atoms with Gasteiger partial charge in [-0.25, -0.2) is 9.78 Å². The van der Waals surface area contributed by atoms with Gasteiger partial charge in [0.25, 0.3) is 0 Å². The predicted octanol–water partition coefficient (Wildman–Crippen LogP) is 2.79. The van der Waals surface area contributed by atoms with Gasteiger partial charge in [-0.15, -0.1) is 0 Å². The average Bonchev–Trinajstić information content (AvgIpc) is 2.65. The molecule has 2 atom stereocenters. The summed E-state index contributed by atoms with van der Waals surface area (Å²) >= 11 is 0. The summed E-state index contributed by atoms with van der Waals surface area (Å²) in [7, 11) is 4.38. The minimum atomic E-state index is -0.473. The molecule has 2 aromatic rings. The number of rotatable bonds is 4. The molecule has 1 aromatic heterocycles. The van der Waals surface area contributed by atoms with Crippen molar-refractivity contribution in [1.82, 2.24) is 4.98 Å². The summed E-state index contributed by atoms with van der Waals surface area (Å²) in [5.74, 6) is 1.32. The highest BCUT2D eigenvalue weighted by molar-refractivity contribution is 5.91. The molecule has 0 saturated heterocycles. The van der Waals surface area contributed by atoms with Crippen LogP contribution in [0.3, 0.4) is 0 Å². The van der Waals surface area contributed by atoms with Gasteiger partial charge in [-0.2, -0.15) is 0 Å². The largest absolute Gasteiger partial charge is 0.493 e. The van der Waals surface area contributed by atoms with Crippen LogP contribution in [0.25, 0.3) is 0 Å². The third-order valence-electron chi connectivity index (χ3n) is 3.94. The van der Waals surface area contributed by atoms with Crippen LogP contribution in [-0.2, 0) is 4.74 Å². The van der Waals surface area contributed by atoms with Crippen LogP contribution in [0.1, 0.15) is 28.9 Å². The van der Waals surface area contributed by atoms with Crippen LogP contribution in [0.5, 0.6) is 23.1 Å². The Morgan fingerprint density at radius 3 is 2.52 bits per heavy atom. The zero-order valence-corrected chi connectivity index (χ0v) is 14.4. The second-order valence-corrected chi connectivity index (χ2v) is 5.49. The smallest absolute Gasteiger partial charge is 0.338 e. The zero-order chi connectivity index (χ0) is 18.0. The zero-order valence-electron chi connectivity index (χ0n) is 14.4. The number of ether oxygens (including phenoxy) is 5. The van der Waals surface area contributed by atoms with Crippen LogP contribution in [0.2, 0.25) is 0 Å². The molecule has 0 radical (unpaired) electrons. The number of methoxy groups -OCH3 is 3. The van der Waals surface area contributed by atoms with Crippen molar-refractivity contribution >= 4 is 5.97 Å². The molecule has 0 amide bonds. The van der Waals surface area contributed by atoms with E-state index < -0.39 is 5.97 Å². The van der Waals surface area contributed by atoms with E-state index in [-0.39, 0.29) is 12.2 Å². The number of hydrogen-bond donors (Lipinski definition) is 0. The molecule has 7 nitrogen and oxygen atoms in total. The maximum absolute atomic E-state index is 11.8. The molecule has 0 saturated carbocycles. The molecule has 132 valence electrons. The molecule has 7 heteroatoms. The van der Waals surface area contributed by atoms with E-state index in [1.54, 1.807) is 31.5 Å². The van der Waals surface area contributed by atoms with E-state index in [0.29, 0.717) is 28.7 Å². The number of carbonyl (C=O) groups is 1. The van der Waals surface area contributed by atoms with Gasteiger partial charge < -0.3 is 23.7 Å². The van der Waals surface area contributed by atoms with Crippen LogP contribution in [0.15, 0.2) is 30.5 Å². The highest BCUT2D eigenvalue weighted by atomic mass is 16.6. The Morgan fingerprint density at radius 2 is 1.92 bits per heavy atom. The maximum Gasteiger partial charge on any atom is 0.338 e.